The molecule has 1 aliphatic rings. The van der Waals surface area contributed by atoms with E-state index in [1.165, 1.54) is 0 Å². The molecule has 1 saturated heterocycles. The highest BCUT2D eigenvalue weighted by Crippen LogP contribution is 2.35. The molecule has 0 aliphatic carbocycles. The third-order valence-corrected chi connectivity index (χ3v) is 7.03. The van der Waals surface area contributed by atoms with Gasteiger partial charge >= 0.3 is 0 Å². The first-order valence-electron chi connectivity index (χ1n) is 10.9. The molecule has 32 heavy (non-hydrogen) atoms. The number of β-amino-alcohol motifs (C(OH)–C–C–N with tert-alkyl or cyclic N) is 1. The number of carbonyl (C=O) groups is 1. The second-order valence-electron chi connectivity index (χ2n) is 9.66. The Morgan fingerprint density at radius 1 is 1.41 bits per heavy atom. The monoisotopic (exact) mass is 473 g/mol. The predicted octanol–water partition coefficient (Wildman–Crippen LogP) is 3.91. The highest BCUT2D eigenvalue weighted by molar-refractivity contribution is 7.80. The fourth-order valence-electron chi connectivity index (χ4n) is 4.32. The van der Waals surface area contributed by atoms with Crippen molar-refractivity contribution < 1.29 is 9.90 Å². The van der Waals surface area contributed by atoms with E-state index in [0.29, 0.717) is 18.8 Å². The number of hydrogen-bond donors (Lipinski definition) is 4. The van der Waals surface area contributed by atoms with Gasteiger partial charge < -0.3 is 15.0 Å². The number of aromatic amines is 1. The molecule has 0 saturated carbocycles. The molecule has 9 heteroatoms. The van der Waals surface area contributed by atoms with E-state index in [1.807, 2.05) is 52.3 Å². The third kappa shape index (κ3) is 4.57. The number of aliphatic hydroxyl groups excluding tert-OH is 1. The largest absolute Gasteiger partial charge is 0.391 e. The van der Waals surface area contributed by atoms with Crippen LogP contribution >= 0.6 is 24.0 Å². The number of hydrogen-bond acceptors (Lipinski definition) is 7. The van der Waals surface area contributed by atoms with E-state index in [1.54, 1.807) is 16.2 Å². The number of aliphatic hydroxyl groups is 1. The number of aryl methyl sites for hydroxylation is 1. The Hall–Kier alpha value is -1.94. The first kappa shape index (κ1) is 23.2. The van der Waals surface area contributed by atoms with Crippen molar-refractivity contribution in [2.24, 2.45) is 5.41 Å². The molecule has 4 atom stereocenters. The van der Waals surface area contributed by atoms with Crippen molar-refractivity contribution in [2.45, 2.75) is 64.6 Å². The fraction of sp³-hybridized carbons (Fsp3) is 0.522. The number of aromatic nitrogens is 3. The Labute approximate surface area is 198 Å². The number of fused-ring (bicyclic) bond motifs is 1. The molecule has 1 aliphatic heterocycles. The van der Waals surface area contributed by atoms with Gasteiger partial charge in [0.15, 0.2) is 0 Å². The number of nitrogens with zero attached hydrogens (tertiary/aromatic N) is 3. The summed E-state index contributed by atoms with van der Waals surface area (Å²) in [6.07, 6.45) is -0.124. The van der Waals surface area contributed by atoms with Crippen molar-refractivity contribution >= 4 is 40.9 Å². The van der Waals surface area contributed by atoms with E-state index in [4.69, 9.17) is 4.98 Å². The molecule has 3 heterocycles. The molecule has 3 aromatic rings. The lowest BCUT2D eigenvalue weighted by molar-refractivity contribution is -0.137. The number of thiol groups is 1. The average molecular weight is 474 g/mol. The summed E-state index contributed by atoms with van der Waals surface area (Å²) in [6.45, 7) is 10.3. The van der Waals surface area contributed by atoms with E-state index in [0.717, 1.165) is 27.2 Å². The lowest BCUT2D eigenvalue weighted by Crippen LogP contribution is -2.54. The number of thiazole rings is 1. The van der Waals surface area contributed by atoms with Gasteiger partial charge in [-0.15, -0.1) is 11.3 Å². The van der Waals surface area contributed by atoms with Crippen LogP contribution < -0.4 is 5.32 Å². The maximum atomic E-state index is 13.6. The Balaban J connectivity index is 1.66. The number of imidazole rings is 1. The molecule has 0 radical (unpaired) electrons. The van der Waals surface area contributed by atoms with E-state index >= 15 is 0 Å². The van der Waals surface area contributed by atoms with Crippen molar-refractivity contribution in [1.82, 2.24) is 25.2 Å². The van der Waals surface area contributed by atoms with Crippen molar-refractivity contribution in [2.75, 3.05) is 6.54 Å². The van der Waals surface area contributed by atoms with Crippen LogP contribution in [0.25, 0.3) is 21.5 Å². The molecule has 1 fully saturated rings. The van der Waals surface area contributed by atoms with Crippen LogP contribution in [0.4, 0.5) is 0 Å². The number of rotatable bonds is 5. The normalized spacial score (nSPS) is 21.3. The molecule has 4 rings (SSSR count). The van der Waals surface area contributed by atoms with Crippen molar-refractivity contribution in [3.63, 3.8) is 0 Å². The Kier molecular flexibility index (Phi) is 6.37. The maximum Gasteiger partial charge on any atom is 0.240 e. The van der Waals surface area contributed by atoms with Gasteiger partial charge in [-0.2, -0.15) is 12.6 Å². The minimum atomic E-state index is -0.582. The van der Waals surface area contributed by atoms with Gasteiger partial charge in [0.2, 0.25) is 5.91 Å². The van der Waals surface area contributed by atoms with Crippen molar-refractivity contribution in [1.29, 1.82) is 0 Å². The number of likely N-dealkylation sites (tertiary alicyclic amines) is 1. The van der Waals surface area contributed by atoms with Crippen LogP contribution in [0.2, 0.25) is 0 Å². The molecule has 172 valence electrons. The van der Waals surface area contributed by atoms with Crippen LogP contribution in [0.5, 0.6) is 0 Å². The van der Waals surface area contributed by atoms with Crippen LogP contribution in [0.1, 0.15) is 51.7 Å². The number of benzene rings is 1. The highest BCUT2D eigenvalue weighted by atomic mass is 32.1. The first-order valence-corrected chi connectivity index (χ1v) is 12.3. The van der Waals surface area contributed by atoms with E-state index in [-0.39, 0.29) is 22.7 Å². The van der Waals surface area contributed by atoms with Crippen LogP contribution in [-0.2, 0) is 4.79 Å². The van der Waals surface area contributed by atoms with Crippen LogP contribution in [0.3, 0.4) is 0 Å². The Morgan fingerprint density at radius 3 is 2.78 bits per heavy atom. The summed E-state index contributed by atoms with van der Waals surface area (Å²) in [5.74, 6) is 0.663. The number of nitrogens with one attached hydrogen (secondary N) is 2. The zero-order valence-electron chi connectivity index (χ0n) is 19.1. The molecule has 7 nitrogen and oxygen atoms in total. The van der Waals surface area contributed by atoms with Crippen molar-refractivity contribution in [3.05, 3.63) is 35.2 Å². The number of carbonyl (C=O) groups excluding carboxylic acids is 1. The van der Waals surface area contributed by atoms with Gasteiger partial charge in [0.25, 0.3) is 0 Å². The summed E-state index contributed by atoms with van der Waals surface area (Å²) in [6, 6.07) is 5.39. The molecule has 2 aromatic heterocycles. The smallest absolute Gasteiger partial charge is 0.240 e. The molecular weight excluding hydrogens is 442 g/mol. The van der Waals surface area contributed by atoms with Gasteiger partial charge in [-0.25, -0.2) is 9.97 Å². The molecule has 3 N–H and O–H groups in total. The predicted molar refractivity (Wildman–Crippen MR) is 132 cm³/mol. The number of H-pyrrole nitrogens is 1. The van der Waals surface area contributed by atoms with Crippen LogP contribution in [-0.4, -0.2) is 54.9 Å². The second-order valence-corrected chi connectivity index (χ2v) is 11.3. The van der Waals surface area contributed by atoms with Gasteiger partial charge in [-0.3, -0.25) is 10.1 Å². The van der Waals surface area contributed by atoms with Gasteiger partial charge in [-0.05, 0) is 37.0 Å². The highest BCUT2D eigenvalue weighted by Gasteiger charge is 2.43. The molecule has 0 bridgehead atoms. The Bertz CT molecular complexity index is 1120. The molecule has 1 amide bonds. The zero-order chi connectivity index (χ0) is 23.2. The van der Waals surface area contributed by atoms with E-state index in [9.17, 15) is 9.90 Å². The molecule has 0 spiro atoms. The third-order valence-electron chi connectivity index (χ3n) is 5.91. The lowest BCUT2D eigenvalue weighted by atomic mass is 9.85. The SMILES string of the molecule is Cc1ncsc1-c1ccc2nc([C@@H]3C[C@@H](O)CN3C(=O)[C@@H](NC(C)S)C(C)(C)C)[nH]c2c1. The van der Waals surface area contributed by atoms with Gasteiger partial charge in [-0.1, -0.05) is 26.8 Å². The second kappa shape index (κ2) is 8.78. The van der Waals surface area contributed by atoms with Crippen molar-refractivity contribution in [3.8, 4) is 10.4 Å². The van der Waals surface area contributed by atoms with E-state index < -0.39 is 12.1 Å². The van der Waals surface area contributed by atoms with E-state index in [2.05, 4.69) is 34.0 Å². The topological polar surface area (TPSA) is 94.1 Å². The fourth-order valence-corrected chi connectivity index (χ4v) is 5.27. The first-order chi connectivity index (χ1) is 15.0. The maximum absolute atomic E-state index is 13.6. The summed E-state index contributed by atoms with van der Waals surface area (Å²) in [7, 11) is 0. The van der Waals surface area contributed by atoms with Gasteiger partial charge in [0.05, 0.1) is 45.3 Å². The number of amides is 1. The summed E-state index contributed by atoms with van der Waals surface area (Å²) in [5.41, 5.74) is 5.39. The summed E-state index contributed by atoms with van der Waals surface area (Å²) in [5, 5.41) is 13.6. The average Bonchev–Trinajstić information content (AvgIpc) is 3.41. The summed E-state index contributed by atoms with van der Waals surface area (Å²) >= 11 is 6.05. The van der Waals surface area contributed by atoms with Gasteiger partial charge in [0, 0.05) is 18.3 Å². The minimum Gasteiger partial charge on any atom is -0.391 e. The van der Waals surface area contributed by atoms with Crippen LogP contribution in [0, 0.1) is 12.3 Å². The summed E-state index contributed by atoms with van der Waals surface area (Å²) in [4.78, 5) is 29.0. The standard InChI is InChI=1S/C23H31N5O2S2/c1-12-19(32-11-24-12)14-6-7-16-17(8-14)27-21(26-16)18-9-15(29)10-28(18)22(30)20(23(3,4)5)25-13(2)31/h6-8,11,13,15,18,20,25,29,31H,9-10H2,1-5H3,(H,26,27)/t13?,15-,18+,20-/m1/s1. The molecular formula is C23H31N5O2S2. The lowest BCUT2D eigenvalue weighted by Gasteiger charge is -2.36. The van der Waals surface area contributed by atoms with Crippen LogP contribution in [0.15, 0.2) is 23.7 Å². The minimum absolute atomic E-state index is 0.0404. The van der Waals surface area contributed by atoms with Gasteiger partial charge in [0.1, 0.15) is 5.82 Å². The zero-order valence-corrected chi connectivity index (χ0v) is 20.8. The summed E-state index contributed by atoms with van der Waals surface area (Å²) < 4.78 is 0. The Morgan fingerprint density at radius 2 is 2.16 bits per heavy atom. The quantitative estimate of drug-likeness (QED) is 0.333. The molecule has 1 aromatic carbocycles. The molecule has 1 unspecified atom stereocenters.